The van der Waals surface area contributed by atoms with Crippen LogP contribution < -0.4 is 15.4 Å². The molecule has 0 atom stereocenters. The van der Waals surface area contributed by atoms with E-state index in [-0.39, 0.29) is 0 Å². The van der Waals surface area contributed by atoms with Crippen LogP contribution in [0.2, 0.25) is 0 Å². The van der Waals surface area contributed by atoms with Crippen molar-refractivity contribution in [2.45, 2.75) is 13.5 Å². The molecule has 3 aromatic rings. The van der Waals surface area contributed by atoms with Gasteiger partial charge in [0, 0.05) is 6.20 Å². The fourth-order valence-electron chi connectivity index (χ4n) is 2.65. The molecule has 7 heteroatoms. The number of aromatic nitrogens is 2. The van der Waals surface area contributed by atoms with Crippen molar-refractivity contribution < 1.29 is 4.74 Å². The number of hydrogen-bond acceptors (Lipinski definition) is 4. The molecule has 2 aromatic carbocycles. The van der Waals surface area contributed by atoms with E-state index in [1.54, 1.807) is 24.1 Å². The topological polar surface area (TPSA) is 74.9 Å². The van der Waals surface area contributed by atoms with E-state index in [1.165, 1.54) is 0 Å². The van der Waals surface area contributed by atoms with Crippen LogP contribution in [0.3, 0.4) is 0 Å². The number of rotatable bonds is 5. The average molecular weight is 377 g/mol. The smallest absolute Gasteiger partial charge is 0.175 e. The summed E-state index contributed by atoms with van der Waals surface area (Å²) in [6.45, 7) is 2.58. The second-order valence-electron chi connectivity index (χ2n) is 6.02. The third-order valence-electron chi connectivity index (χ3n) is 3.89. The minimum Gasteiger partial charge on any atom is -0.495 e. The lowest BCUT2D eigenvalue weighted by Crippen LogP contribution is -2.19. The van der Waals surface area contributed by atoms with E-state index in [1.807, 2.05) is 49.5 Å². The van der Waals surface area contributed by atoms with E-state index in [9.17, 15) is 0 Å². The summed E-state index contributed by atoms with van der Waals surface area (Å²) < 4.78 is 7.14. The zero-order chi connectivity index (χ0) is 19.2. The maximum Gasteiger partial charge on any atom is 0.175 e. The molecule has 0 radical (unpaired) electrons. The van der Waals surface area contributed by atoms with Gasteiger partial charge in [0.05, 0.1) is 42.9 Å². The van der Waals surface area contributed by atoms with Crippen LogP contribution >= 0.6 is 12.2 Å². The summed E-state index contributed by atoms with van der Waals surface area (Å²) in [7, 11) is 1.62. The highest BCUT2D eigenvalue weighted by Gasteiger charge is 2.07. The number of nitriles is 1. The zero-order valence-electron chi connectivity index (χ0n) is 15.1. The van der Waals surface area contributed by atoms with Crippen LogP contribution in [0.5, 0.6) is 5.75 Å². The number of aryl methyl sites for hydroxylation is 1. The molecule has 0 aliphatic rings. The normalized spacial score (nSPS) is 10.1. The van der Waals surface area contributed by atoms with Gasteiger partial charge < -0.3 is 15.4 Å². The third-order valence-corrected chi connectivity index (χ3v) is 4.10. The number of nitrogens with zero attached hydrogens (tertiary/aromatic N) is 3. The van der Waals surface area contributed by atoms with Crippen molar-refractivity contribution in [1.82, 2.24) is 9.78 Å². The fraction of sp³-hybridized carbons (Fsp3) is 0.150. The first-order chi connectivity index (χ1) is 13.1. The number of ether oxygens (including phenoxy) is 1. The monoisotopic (exact) mass is 377 g/mol. The van der Waals surface area contributed by atoms with E-state index in [2.05, 4.69) is 21.8 Å². The van der Waals surface area contributed by atoms with Gasteiger partial charge in [-0.25, -0.2) is 0 Å². The molecule has 0 aliphatic heterocycles. The minimum atomic E-state index is 0.449. The van der Waals surface area contributed by atoms with Crippen molar-refractivity contribution in [3.8, 4) is 11.8 Å². The van der Waals surface area contributed by atoms with Crippen LogP contribution in [0.4, 0.5) is 11.4 Å². The van der Waals surface area contributed by atoms with Crippen LogP contribution in [-0.4, -0.2) is 22.0 Å². The fourth-order valence-corrected chi connectivity index (χ4v) is 2.87. The van der Waals surface area contributed by atoms with E-state index in [4.69, 9.17) is 22.2 Å². The first-order valence-electron chi connectivity index (χ1n) is 8.31. The van der Waals surface area contributed by atoms with Gasteiger partial charge >= 0.3 is 0 Å². The molecule has 0 spiro atoms. The third kappa shape index (κ3) is 4.84. The zero-order valence-corrected chi connectivity index (χ0v) is 15.9. The Labute approximate surface area is 163 Å². The van der Waals surface area contributed by atoms with Crippen molar-refractivity contribution in [1.29, 1.82) is 5.26 Å². The van der Waals surface area contributed by atoms with Gasteiger partial charge in [-0.15, -0.1) is 0 Å². The lowest BCUT2D eigenvalue weighted by molar-refractivity contribution is 0.417. The Bertz CT molecular complexity index is 1010. The number of nitrogens with one attached hydrogen (secondary N) is 2. The summed E-state index contributed by atoms with van der Waals surface area (Å²) in [6.07, 6.45) is 3.57. The van der Waals surface area contributed by atoms with E-state index in [0.29, 0.717) is 17.2 Å². The van der Waals surface area contributed by atoms with Gasteiger partial charge in [-0.3, -0.25) is 4.68 Å². The first kappa shape index (κ1) is 18.4. The highest BCUT2D eigenvalue weighted by atomic mass is 32.1. The minimum absolute atomic E-state index is 0.449. The van der Waals surface area contributed by atoms with E-state index in [0.717, 1.165) is 28.3 Å². The molecule has 3 rings (SSSR count). The van der Waals surface area contributed by atoms with Gasteiger partial charge in [-0.05, 0) is 54.5 Å². The number of benzene rings is 2. The molecule has 0 saturated carbocycles. The molecule has 1 aromatic heterocycles. The summed E-state index contributed by atoms with van der Waals surface area (Å²) in [5, 5.41) is 20.0. The second-order valence-corrected chi connectivity index (χ2v) is 6.43. The van der Waals surface area contributed by atoms with Crippen molar-refractivity contribution >= 4 is 28.7 Å². The quantitative estimate of drug-likeness (QED) is 0.656. The standard InChI is InChI=1S/C20H19N5OS/c1-14-6-7-19(26-2)18(8-14)24-20(27)23-17-11-22-25(13-17)12-16-5-3-4-15(9-16)10-21/h3-9,11,13H,12H2,1-2H3,(H2,23,24,27). The van der Waals surface area contributed by atoms with Crippen LogP contribution in [0.15, 0.2) is 54.9 Å². The molecule has 2 N–H and O–H groups in total. The van der Waals surface area contributed by atoms with Gasteiger partial charge in [0.1, 0.15) is 5.75 Å². The summed E-state index contributed by atoms with van der Waals surface area (Å²) in [4.78, 5) is 0. The van der Waals surface area contributed by atoms with Gasteiger partial charge in [0.15, 0.2) is 5.11 Å². The Morgan fingerprint density at radius 1 is 1.26 bits per heavy atom. The lowest BCUT2D eigenvalue weighted by atomic mass is 10.1. The van der Waals surface area contributed by atoms with Gasteiger partial charge in [0.25, 0.3) is 0 Å². The molecular formula is C20H19N5OS. The summed E-state index contributed by atoms with van der Waals surface area (Å²) >= 11 is 5.39. The molecule has 1 heterocycles. The Kier molecular flexibility index (Phi) is 5.69. The number of thiocarbonyl (C=S) groups is 1. The Balaban J connectivity index is 1.64. The predicted octanol–water partition coefficient (Wildman–Crippen LogP) is 3.93. The van der Waals surface area contributed by atoms with Gasteiger partial charge in [-0.1, -0.05) is 18.2 Å². The number of hydrogen-bond donors (Lipinski definition) is 2. The summed E-state index contributed by atoms with van der Waals surface area (Å²) in [6, 6.07) is 15.5. The second kappa shape index (κ2) is 8.34. The molecule has 136 valence electrons. The Hall–Kier alpha value is -3.37. The molecule has 6 nitrogen and oxygen atoms in total. The SMILES string of the molecule is COc1ccc(C)cc1NC(=S)Nc1cnn(Cc2cccc(C#N)c2)c1. The van der Waals surface area contributed by atoms with Gasteiger partial charge in [0.2, 0.25) is 0 Å². The lowest BCUT2D eigenvalue weighted by Gasteiger charge is -2.13. The molecule has 0 fully saturated rings. The average Bonchev–Trinajstić information content (AvgIpc) is 3.08. The largest absolute Gasteiger partial charge is 0.495 e. The Morgan fingerprint density at radius 2 is 2.11 bits per heavy atom. The maximum absolute atomic E-state index is 8.99. The summed E-state index contributed by atoms with van der Waals surface area (Å²) in [5.41, 5.74) is 4.32. The molecule has 0 aliphatic carbocycles. The number of anilines is 2. The molecule has 27 heavy (non-hydrogen) atoms. The maximum atomic E-state index is 8.99. The van der Waals surface area contributed by atoms with Crippen LogP contribution in [-0.2, 0) is 6.54 Å². The Morgan fingerprint density at radius 3 is 2.89 bits per heavy atom. The van der Waals surface area contributed by atoms with Crippen LogP contribution in [0.1, 0.15) is 16.7 Å². The van der Waals surface area contributed by atoms with Crippen molar-refractivity contribution in [2.24, 2.45) is 0 Å². The predicted molar refractivity (Wildman–Crippen MR) is 110 cm³/mol. The van der Waals surface area contributed by atoms with Crippen LogP contribution in [0.25, 0.3) is 0 Å². The highest BCUT2D eigenvalue weighted by molar-refractivity contribution is 7.80. The molecule has 0 unspecified atom stereocenters. The first-order valence-corrected chi connectivity index (χ1v) is 8.72. The summed E-state index contributed by atoms with van der Waals surface area (Å²) in [5.74, 6) is 0.720. The molecular weight excluding hydrogens is 358 g/mol. The molecule has 0 amide bonds. The van der Waals surface area contributed by atoms with Crippen molar-refractivity contribution in [2.75, 3.05) is 17.7 Å². The highest BCUT2D eigenvalue weighted by Crippen LogP contribution is 2.25. The molecule has 0 saturated heterocycles. The van der Waals surface area contributed by atoms with E-state index < -0.39 is 0 Å². The molecule has 0 bridgehead atoms. The van der Waals surface area contributed by atoms with E-state index >= 15 is 0 Å². The van der Waals surface area contributed by atoms with Crippen molar-refractivity contribution in [3.05, 3.63) is 71.5 Å². The van der Waals surface area contributed by atoms with Crippen LogP contribution in [0, 0.1) is 18.3 Å². The number of methoxy groups -OCH3 is 1. The van der Waals surface area contributed by atoms with Crippen molar-refractivity contribution in [3.63, 3.8) is 0 Å². The van der Waals surface area contributed by atoms with Gasteiger partial charge in [-0.2, -0.15) is 10.4 Å².